The standard InChI is InChI=1S/C27H36N2O3S/c1-20(2)15-17-32-25-10-6-9-22(19-25)26(30)29-27(33)28-23-11-13-24(14-12-23)31-18-16-21-7-4-3-5-8-21/h6,9-14,19-21H,3-5,7-8,15-18H2,1-2H3,(H2,28,29,30,33). The molecule has 33 heavy (non-hydrogen) atoms. The lowest BCUT2D eigenvalue weighted by molar-refractivity contribution is 0.0977. The highest BCUT2D eigenvalue weighted by Gasteiger charge is 2.13. The molecule has 1 aliphatic carbocycles. The van der Waals surface area contributed by atoms with Gasteiger partial charge in [0, 0.05) is 11.3 Å². The van der Waals surface area contributed by atoms with Crippen molar-refractivity contribution in [2.75, 3.05) is 18.5 Å². The largest absolute Gasteiger partial charge is 0.494 e. The lowest BCUT2D eigenvalue weighted by atomic mass is 9.87. The number of thiocarbonyl (C=S) groups is 1. The summed E-state index contributed by atoms with van der Waals surface area (Å²) in [6.07, 6.45) is 8.87. The number of hydrogen-bond acceptors (Lipinski definition) is 4. The van der Waals surface area contributed by atoms with Gasteiger partial charge in [-0.25, -0.2) is 0 Å². The lowest BCUT2D eigenvalue weighted by Gasteiger charge is -2.21. The summed E-state index contributed by atoms with van der Waals surface area (Å²) in [5.74, 6) is 2.64. The molecule has 1 amide bonds. The lowest BCUT2D eigenvalue weighted by Crippen LogP contribution is -2.34. The van der Waals surface area contributed by atoms with E-state index in [1.165, 1.54) is 32.1 Å². The Morgan fingerprint density at radius 2 is 1.73 bits per heavy atom. The molecule has 0 heterocycles. The maximum absolute atomic E-state index is 12.6. The molecule has 3 rings (SSSR count). The molecule has 0 aliphatic heterocycles. The summed E-state index contributed by atoms with van der Waals surface area (Å²) >= 11 is 5.31. The van der Waals surface area contributed by atoms with E-state index in [-0.39, 0.29) is 11.0 Å². The Hall–Kier alpha value is -2.60. The van der Waals surface area contributed by atoms with E-state index in [1.807, 2.05) is 36.4 Å². The average Bonchev–Trinajstić information content (AvgIpc) is 2.81. The van der Waals surface area contributed by atoms with Crippen LogP contribution in [0.25, 0.3) is 0 Å². The van der Waals surface area contributed by atoms with E-state index < -0.39 is 0 Å². The minimum atomic E-state index is -0.274. The number of carbonyl (C=O) groups is 1. The Balaban J connectivity index is 1.42. The highest BCUT2D eigenvalue weighted by atomic mass is 32.1. The van der Waals surface area contributed by atoms with Crippen molar-refractivity contribution in [3.05, 3.63) is 54.1 Å². The molecule has 0 spiro atoms. The van der Waals surface area contributed by atoms with Crippen molar-refractivity contribution >= 4 is 28.9 Å². The Morgan fingerprint density at radius 3 is 2.45 bits per heavy atom. The third-order valence-corrected chi connectivity index (χ3v) is 6.12. The molecule has 178 valence electrons. The van der Waals surface area contributed by atoms with E-state index in [1.54, 1.807) is 12.1 Å². The number of carbonyl (C=O) groups excluding carboxylic acids is 1. The molecule has 0 aromatic heterocycles. The van der Waals surface area contributed by atoms with Crippen molar-refractivity contribution < 1.29 is 14.3 Å². The van der Waals surface area contributed by atoms with Crippen LogP contribution in [0.15, 0.2) is 48.5 Å². The SMILES string of the molecule is CC(C)CCOc1cccc(C(=O)NC(=S)Nc2ccc(OCCC3CCCCC3)cc2)c1. The number of amides is 1. The van der Waals surface area contributed by atoms with Gasteiger partial charge in [-0.15, -0.1) is 0 Å². The van der Waals surface area contributed by atoms with Gasteiger partial charge in [0.2, 0.25) is 0 Å². The normalized spacial score (nSPS) is 14.0. The fraction of sp³-hybridized carbons (Fsp3) is 0.481. The van der Waals surface area contributed by atoms with Crippen LogP contribution in [0.3, 0.4) is 0 Å². The average molecular weight is 469 g/mol. The van der Waals surface area contributed by atoms with Crippen molar-refractivity contribution in [3.63, 3.8) is 0 Å². The van der Waals surface area contributed by atoms with Crippen molar-refractivity contribution in [2.45, 2.75) is 58.8 Å². The molecule has 1 aliphatic rings. The zero-order chi connectivity index (χ0) is 23.5. The van der Waals surface area contributed by atoms with Crippen molar-refractivity contribution in [1.29, 1.82) is 0 Å². The summed E-state index contributed by atoms with van der Waals surface area (Å²) < 4.78 is 11.6. The quantitative estimate of drug-likeness (QED) is 0.385. The third kappa shape index (κ3) is 9.04. The number of anilines is 1. The molecule has 1 saturated carbocycles. The first-order valence-electron chi connectivity index (χ1n) is 12.1. The van der Waals surface area contributed by atoms with Crippen molar-refractivity contribution in [3.8, 4) is 11.5 Å². The Labute approximate surface area is 203 Å². The smallest absolute Gasteiger partial charge is 0.257 e. The summed E-state index contributed by atoms with van der Waals surface area (Å²) in [6, 6.07) is 14.8. The van der Waals surface area contributed by atoms with Gasteiger partial charge in [-0.3, -0.25) is 10.1 Å². The Kier molecular flexibility index (Phi) is 10.0. The van der Waals surface area contributed by atoms with E-state index in [4.69, 9.17) is 21.7 Å². The number of nitrogens with one attached hydrogen (secondary N) is 2. The molecule has 0 saturated heterocycles. The van der Waals surface area contributed by atoms with Crippen LogP contribution in [0.2, 0.25) is 0 Å². The van der Waals surface area contributed by atoms with Crippen LogP contribution in [0.4, 0.5) is 5.69 Å². The minimum Gasteiger partial charge on any atom is -0.494 e. The van der Waals surface area contributed by atoms with Gasteiger partial charge in [-0.2, -0.15) is 0 Å². The first-order chi connectivity index (χ1) is 16.0. The fourth-order valence-corrected chi connectivity index (χ4v) is 4.14. The molecule has 0 unspecified atom stereocenters. The highest BCUT2D eigenvalue weighted by molar-refractivity contribution is 7.80. The van der Waals surface area contributed by atoms with Crippen LogP contribution in [0, 0.1) is 11.8 Å². The highest BCUT2D eigenvalue weighted by Crippen LogP contribution is 2.26. The second-order valence-electron chi connectivity index (χ2n) is 9.13. The predicted octanol–water partition coefficient (Wildman–Crippen LogP) is 6.59. The molecule has 0 bridgehead atoms. The monoisotopic (exact) mass is 468 g/mol. The molecule has 5 nitrogen and oxygen atoms in total. The van der Waals surface area contributed by atoms with Crippen molar-refractivity contribution in [1.82, 2.24) is 5.32 Å². The van der Waals surface area contributed by atoms with Crippen molar-refractivity contribution in [2.24, 2.45) is 11.8 Å². The van der Waals surface area contributed by atoms with Gasteiger partial charge in [0.15, 0.2) is 5.11 Å². The Bertz CT molecular complexity index is 892. The van der Waals surface area contributed by atoms with Gasteiger partial charge in [0.1, 0.15) is 11.5 Å². The van der Waals surface area contributed by atoms with Crippen LogP contribution < -0.4 is 20.1 Å². The second-order valence-corrected chi connectivity index (χ2v) is 9.54. The number of hydrogen-bond donors (Lipinski definition) is 2. The molecule has 0 radical (unpaired) electrons. The molecule has 2 aromatic rings. The summed E-state index contributed by atoms with van der Waals surface area (Å²) in [5, 5.41) is 6.03. The second kappa shape index (κ2) is 13.2. The summed E-state index contributed by atoms with van der Waals surface area (Å²) in [5.41, 5.74) is 1.30. The topological polar surface area (TPSA) is 59.6 Å². The first-order valence-corrected chi connectivity index (χ1v) is 12.5. The van der Waals surface area contributed by atoms with Gasteiger partial charge in [-0.1, -0.05) is 52.0 Å². The van der Waals surface area contributed by atoms with Crippen LogP contribution in [0.1, 0.15) is 69.2 Å². The van der Waals surface area contributed by atoms with Crippen LogP contribution >= 0.6 is 12.2 Å². The molecule has 6 heteroatoms. The molecule has 2 N–H and O–H groups in total. The van der Waals surface area contributed by atoms with Gasteiger partial charge in [0.25, 0.3) is 5.91 Å². The summed E-state index contributed by atoms with van der Waals surface area (Å²) in [4.78, 5) is 12.6. The zero-order valence-corrected chi connectivity index (χ0v) is 20.6. The molecular formula is C27H36N2O3S. The molecule has 0 atom stereocenters. The minimum absolute atomic E-state index is 0.247. The van der Waals surface area contributed by atoms with Gasteiger partial charge >= 0.3 is 0 Å². The van der Waals surface area contributed by atoms with E-state index >= 15 is 0 Å². The Morgan fingerprint density at radius 1 is 1.00 bits per heavy atom. The predicted molar refractivity (Wildman–Crippen MR) is 138 cm³/mol. The van der Waals surface area contributed by atoms with E-state index in [2.05, 4.69) is 24.5 Å². The van der Waals surface area contributed by atoms with E-state index in [9.17, 15) is 4.79 Å². The molecule has 1 fully saturated rings. The third-order valence-electron chi connectivity index (χ3n) is 5.92. The zero-order valence-electron chi connectivity index (χ0n) is 19.8. The van der Waals surface area contributed by atoms with Crippen LogP contribution in [-0.2, 0) is 0 Å². The number of ether oxygens (including phenoxy) is 2. The fourth-order valence-electron chi connectivity index (χ4n) is 3.93. The summed E-state index contributed by atoms with van der Waals surface area (Å²) in [6.45, 7) is 5.69. The van der Waals surface area contributed by atoms with Crippen LogP contribution in [-0.4, -0.2) is 24.2 Å². The van der Waals surface area contributed by atoms with E-state index in [0.29, 0.717) is 23.8 Å². The summed E-state index contributed by atoms with van der Waals surface area (Å²) in [7, 11) is 0. The number of benzene rings is 2. The van der Waals surface area contributed by atoms with Gasteiger partial charge < -0.3 is 14.8 Å². The molecule has 2 aromatic carbocycles. The van der Waals surface area contributed by atoms with Gasteiger partial charge in [-0.05, 0) is 79.4 Å². The van der Waals surface area contributed by atoms with Crippen LogP contribution in [0.5, 0.6) is 11.5 Å². The first kappa shape index (κ1) is 25.0. The maximum Gasteiger partial charge on any atom is 0.257 e. The number of rotatable bonds is 10. The van der Waals surface area contributed by atoms with E-state index in [0.717, 1.165) is 36.8 Å². The van der Waals surface area contributed by atoms with Gasteiger partial charge in [0.05, 0.1) is 13.2 Å². The molecular weight excluding hydrogens is 432 g/mol. The maximum atomic E-state index is 12.6.